The zero-order valence-corrected chi connectivity index (χ0v) is 11.3. The highest BCUT2D eigenvalue weighted by Gasteiger charge is 2.34. The minimum Gasteiger partial charge on any atom is -0.323 e. The van der Waals surface area contributed by atoms with Crippen LogP contribution in [0.2, 0.25) is 0 Å². The van der Waals surface area contributed by atoms with Crippen molar-refractivity contribution in [2.24, 2.45) is 5.73 Å². The van der Waals surface area contributed by atoms with Crippen LogP contribution >= 0.6 is 0 Å². The lowest BCUT2D eigenvalue weighted by Crippen LogP contribution is -2.09. The van der Waals surface area contributed by atoms with Gasteiger partial charge in [-0.15, -0.1) is 0 Å². The number of nitrogens with zero attached hydrogens (tertiary/aromatic N) is 2. The Morgan fingerprint density at radius 2 is 1.95 bits per heavy atom. The summed E-state index contributed by atoms with van der Waals surface area (Å²) in [6, 6.07) is 6.80. The van der Waals surface area contributed by atoms with Gasteiger partial charge in [-0.05, 0) is 26.0 Å². The molecule has 0 fully saturated rings. The van der Waals surface area contributed by atoms with Crippen LogP contribution in [0.1, 0.15) is 31.1 Å². The Hall–Kier alpha value is -1.82. The molecule has 6 heteroatoms. The fourth-order valence-electron chi connectivity index (χ4n) is 2.07. The second kappa shape index (κ2) is 5.28. The molecule has 3 nitrogen and oxygen atoms in total. The summed E-state index contributed by atoms with van der Waals surface area (Å²) in [5.41, 5.74) is 6.24. The predicted molar refractivity (Wildman–Crippen MR) is 70.9 cm³/mol. The summed E-state index contributed by atoms with van der Waals surface area (Å²) in [7, 11) is 0. The molecule has 0 spiro atoms. The van der Waals surface area contributed by atoms with Gasteiger partial charge in [0.05, 0.1) is 17.0 Å². The molecule has 0 aliphatic rings. The molecule has 0 aliphatic carbocycles. The third-order valence-electron chi connectivity index (χ3n) is 3.07. The summed E-state index contributed by atoms with van der Waals surface area (Å²) in [6.07, 6.45) is -4.39. The standard InChI is InChI=1S/C14H16F3N3/c1-3-20-13(8-12(19-20)9(2)18)10-6-4-5-7-11(10)14(15,16)17/h4-9H,3,18H2,1-2H3. The quantitative estimate of drug-likeness (QED) is 0.935. The van der Waals surface area contributed by atoms with Crippen LogP contribution in [0, 0.1) is 0 Å². The maximum absolute atomic E-state index is 13.1. The first-order valence-electron chi connectivity index (χ1n) is 6.34. The Bertz CT molecular complexity index is 600. The first-order chi connectivity index (χ1) is 9.34. The number of nitrogens with two attached hydrogens (primary N) is 1. The average molecular weight is 283 g/mol. The molecular formula is C14H16F3N3. The first-order valence-corrected chi connectivity index (χ1v) is 6.34. The number of halogens is 3. The largest absolute Gasteiger partial charge is 0.417 e. The molecule has 0 saturated heterocycles. The van der Waals surface area contributed by atoms with E-state index in [1.807, 2.05) is 6.92 Å². The van der Waals surface area contributed by atoms with Crippen molar-refractivity contribution < 1.29 is 13.2 Å². The smallest absolute Gasteiger partial charge is 0.323 e. The summed E-state index contributed by atoms with van der Waals surface area (Å²) in [6.45, 7) is 4.06. The molecule has 1 aromatic carbocycles. The number of aryl methyl sites for hydroxylation is 1. The van der Waals surface area contributed by atoms with Crippen LogP contribution in [0.25, 0.3) is 11.3 Å². The van der Waals surface area contributed by atoms with Gasteiger partial charge in [-0.1, -0.05) is 18.2 Å². The molecule has 1 heterocycles. The van der Waals surface area contributed by atoms with Crippen LogP contribution in [0.4, 0.5) is 13.2 Å². The minimum atomic E-state index is -4.39. The van der Waals surface area contributed by atoms with Crippen LogP contribution in [0.3, 0.4) is 0 Å². The number of hydrogen-bond donors (Lipinski definition) is 1. The van der Waals surface area contributed by atoms with Crippen LogP contribution in [0.5, 0.6) is 0 Å². The van der Waals surface area contributed by atoms with E-state index >= 15 is 0 Å². The zero-order valence-electron chi connectivity index (χ0n) is 11.3. The van der Waals surface area contributed by atoms with E-state index in [9.17, 15) is 13.2 Å². The second-order valence-corrected chi connectivity index (χ2v) is 4.60. The molecule has 1 atom stereocenters. The van der Waals surface area contributed by atoms with Gasteiger partial charge >= 0.3 is 6.18 Å². The van der Waals surface area contributed by atoms with Crippen molar-refractivity contribution in [2.75, 3.05) is 0 Å². The van der Waals surface area contributed by atoms with Gasteiger partial charge in [-0.3, -0.25) is 4.68 Å². The van der Waals surface area contributed by atoms with E-state index < -0.39 is 11.7 Å². The van der Waals surface area contributed by atoms with Crippen LogP contribution in [-0.2, 0) is 12.7 Å². The third-order valence-corrected chi connectivity index (χ3v) is 3.07. The van der Waals surface area contributed by atoms with E-state index in [1.165, 1.54) is 12.1 Å². The molecule has 1 aromatic heterocycles. The predicted octanol–water partition coefficient (Wildman–Crippen LogP) is 3.61. The summed E-state index contributed by atoms with van der Waals surface area (Å²) >= 11 is 0. The Kier molecular flexibility index (Phi) is 3.85. The maximum Gasteiger partial charge on any atom is 0.417 e. The van der Waals surface area contributed by atoms with Crippen molar-refractivity contribution in [3.05, 3.63) is 41.6 Å². The molecule has 1 unspecified atom stereocenters. The number of aromatic nitrogens is 2. The Morgan fingerprint density at radius 1 is 1.30 bits per heavy atom. The van der Waals surface area contributed by atoms with Gasteiger partial charge in [0.1, 0.15) is 0 Å². The van der Waals surface area contributed by atoms with Crippen LogP contribution < -0.4 is 5.73 Å². The Balaban J connectivity index is 2.63. The highest BCUT2D eigenvalue weighted by molar-refractivity contribution is 5.65. The normalized spacial score (nSPS) is 13.5. The van der Waals surface area contributed by atoms with Gasteiger partial charge < -0.3 is 5.73 Å². The molecule has 2 aromatic rings. The van der Waals surface area contributed by atoms with Crippen LogP contribution in [0.15, 0.2) is 30.3 Å². The zero-order chi connectivity index (χ0) is 14.9. The summed E-state index contributed by atoms with van der Waals surface area (Å²) in [5, 5.41) is 4.25. The van der Waals surface area contributed by atoms with Crippen molar-refractivity contribution >= 4 is 0 Å². The van der Waals surface area contributed by atoms with Gasteiger partial charge in [-0.25, -0.2) is 0 Å². The van der Waals surface area contributed by atoms with E-state index in [2.05, 4.69) is 5.10 Å². The minimum absolute atomic E-state index is 0.126. The molecule has 2 rings (SSSR count). The van der Waals surface area contributed by atoms with Crippen molar-refractivity contribution in [1.29, 1.82) is 0 Å². The molecule has 0 saturated carbocycles. The highest BCUT2D eigenvalue weighted by Crippen LogP contribution is 2.37. The van der Waals surface area contributed by atoms with E-state index in [-0.39, 0.29) is 11.6 Å². The van der Waals surface area contributed by atoms with E-state index in [0.717, 1.165) is 6.07 Å². The number of alkyl halides is 3. The molecule has 0 aliphatic heterocycles. The van der Waals surface area contributed by atoms with E-state index in [4.69, 9.17) is 5.73 Å². The van der Waals surface area contributed by atoms with Crippen LogP contribution in [-0.4, -0.2) is 9.78 Å². The van der Waals surface area contributed by atoms with E-state index in [0.29, 0.717) is 17.9 Å². The van der Waals surface area contributed by atoms with Gasteiger partial charge in [0.2, 0.25) is 0 Å². The number of benzene rings is 1. The molecule has 0 radical (unpaired) electrons. The van der Waals surface area contributed by atoms with Gasteiger partial charge in [0.25, 0.3) is 0 Å². The maximum atomic E-state index is 13.1. The Labute approximate surface area is 115 Å². The summed E-state index contributed by atoms with van der Waals surface area (Å²) in [4.78, 5) is 0. The number of hydrogen-bond acceptors (Lipinski definition) is 2. The molecular weight excluding hydrogens is 267 g/mol. The lowest BCUT2D eigenvalue weighted by atomic mass is 10.0. The Morgan fingerprint density at radius 3 is 2.50 bits per heavy atom. The van der Waals surface area contributed by atoms with Gasteiger partial charge in [0.15, 0.2) is 0 Å². The molecule has 0 amide bonds. The third kappa shape index (κ3) is 2.70. The summed E-state index contributed by atoms with van der Waals surface area (Å²) < 4.78 is 40.8. The molecule has 20 heavy (non-hydrogen) atoms. The lowest BCUT2D eigenvalue weighted by molar-refractivity contribution is -0.137. The van der Waals surface area contributed by atoms with E-state index in [1.54, 1.807) is 23.7 Å². The SMILES string of the molecule is CCn1nc(C(C)N)cc1-c1ccccc1C(F)(F)F. The molecule has 2 N–H and O–H groups in total. The van der Waals surface area contributed by atoms with Gasteiger partial charge in [-0.2, -0.15) is 18.3 Å². The van der Waals surface area contributed by atoms with Gasteiger partial charge in [0, 0.05) is 18.2 Å². The van der Waals surface area contributed by atoms with Crippen molar-refractivity contribution in [3.63, 3.8) is 0 Å². The lowest BCUT2D eigenvalue weighted by Gasteiger charge is -2.13. The van der Waals surface area contributed by atoms with Crippen molar-refractivity contribution in [3.8, 4) is 11.3 Å². The fraction of sp³-hybridized carbons (Fsp3) is 0.357. The monoisotopic (exact) mass is 283 g/mol. The first kappa shape index (κ1) is 14.6. The second-order valence-electron chi connectivity index (χ2n) is 4.60. The van der Waals surface area contributed by atoms with Crippen molar-refractivity contribution in [1.82, 2.24) is 9.78 Å². The van der Waals surface area contributed by atoms with Crippen molar-refractivity contribution in [2.45, 2.75) is 32.6 Å². The highest BCUT2D eigenvalue weighted by atomic mass is 19.4. The average Bonchev–Trinajstić information content (AvgIpc) is 2.82. The fourth-order valence-corrected chi connectivity index (χ4v) is 2.07. The topological polar surface area (TPSA) is 43.8 Å². The molecule has 0 bridgehead atoms. The summed E-state index contributed by atoms with van der Waals surface area (Å²) in [5.74, 6) is 0. The molecule has 108 valence electrons. The number of rotatable bonds is 3.